The predicted molar refractivity (Wildman–Crippen MR) is 111 cm³/mol. The molecule has 0 bridgehead atoms. The number of nitrogens with zero attached hydrogens (tertiary/aromatic N) is 4. The molecule has 4 rings (SSSR count). The van der Waals surface area contributed by atoms with Gasteiger partial charge in [-0.25, -0.2) is 14.6 Å². The number of hydrogen-bond donors (Lipinski definition) is 2. The van der Waals surface area contributed by atoms with E-state index in [1.54, 1.807) is 55.9 Å². The molecule has 31 heavy (non-hydrogen) atoms. The summed E-state index contributed by atoms with van der Waals surface area (Å²) in [6.07, 6.45) is 1.81. The number of imide groups is 2. The van der Waals surface area contributed by atoms with Gasteiger partial charge in [-0.1, -0.05) is 37.3 Å². The number of aryl methyl sites for hydroxylation is 2. The minimum atomic E-state index is -1.31. The zero-order valence-electron chi connectivity index (χ0n) is 17.5. The van der Waals surface area contributed by atoms with Gasteiger partial charge in [0.05, 0.1) is 6.33 Å². The molecule has 1 saturated heterocycles. The Morgan fingerprint density at radius 3 is 2.03 bits per heavy atom. The maximum absolute atomic E-state index is 12.0. The summed E-state index contributed by atoms with van der Waals surface area (Å²) in [4.78, 5) is 62.2. The first-order valence-corrected chi connectivity index (χ1v) is 9.44. The largest absolute Gasteiger partial charge is 0.332 e. The summed E-state index contributed by atoms with van der Waals surface area (Å²) in [6.45, 7) is 1.74. The predicted octanol–water partition coefficient (Wildman–Crippen LogP) is -0.329. The van der Waals surface area contributed by atoms with E-state index in [4.69, 9.17) is 0 Å². The van der Waals surface area contributed by atoms with Crippen LogP contribution in [-0.4, -0.2) is 36.5 Å². The van der Waals surface area contributed by atoms with Gasteiger partial charge in [0.2, 0.25) is 11.8 Å². The summed E-state index contributed by atoms with van der Waals surface area (Å²) in [5.41, 5.74) is -0.542. The third-order valence-corrected chi connectivity index (χ3v) is 5.34. The number of carbonyl (C=O) groups excluding carboxylic acids is 3. The van der Waals surface area contributed by atoms with Crippen molar-refractivity contribution in [3.05, 3.63) is 63.1 Å². The number of benzene rings is 1. The first-order valence-electron chi connectivity index (χ1n) is 9.44. The number of fused-ring (bicyclic) bond motifs is 1. The first-order chi connectivity index (χ1) is 14.6. The van der Waals surface area contributed by atoms with E-state index in [1.807, 2.05) is 0 Å². The summed E-state index contributed by atoms with van der Waals surface area (Å²) >= 11 is 0. The first kappa shape index (κ1) is 21.7. The van der Waals surface area contributed by atoms with Crippen molar-refractivity contribution in [3.63, 3.8) is 0 Å². The number of aromatic nitrogens is 4. The SMILES string of the molecule is CCC1(c2ccccc2)C(=O)NC(=O)NC1=O.Cn1c(=O)c2c(ncn2C)n(C)c1=O. The van der Waals surface area contributed by atoms with Crippen LogP contribution in [0.4, 0.5) is 4.79 Å². The Morgan fingerprint density at radius 2 is 1.48 bits per heavy atom. The van der Waals surface area contributed by atoms with Crippen molar-refractivity contribution in [1.29, 1.82) is 0 Å². The molecule has 0 spiro atoms. The topological polar surface area (TPSA) is 137 Å². The highest BCUT2D eigenvalue weighted by atomic mass is 16.2. The van der Waals surface area contributed by atoms with Crippen LogP contribution in [0.5, 0.6) is 0 Å². The summed E-state index contributed by atoms with van der Waals surface area (Å²) in [6, 6.07) is 7.96. The van der Waals surface area contributed by atoms with Crippen LogP contribution in [0.2, 0.25) is 0 Å². The molecule has 4 amide bonds. The fourth-order valence-electron chi connectivity index (χ4n) is 3.54. The Balaban J connectivity index is 0.000000179. The third kappa shape index (κ3) is 3.43. The second-order valence-electron chi connectivity index (χ2n) is 7.10. The minimum absolute atomic E-state index is 0.294. The van der Waals surface area contributed by atoms with E-state index in [1.165, 1.54) is 17.9 Å². The average molecular weight is 426 g/mol. The highest BCUT2D eigenvalue weighted by Gasteiger charge is 2.50. The number of nitrogens with one attached hydrogen (secondary N) is 2. The number of hydrogen-bond acceptors (Lipinski definition) is 6. The van der Waals surface area contributed by atoms with Crippen LogP contribution in [-0.2, 0) is 36.1 Å². The van der Waals surface area contributed by atoms with Gasteiger partial charge in [0, 0.05) is 21.1 Å². The monoisotopic (exact) mass is 426 g/mol. The second-order valence-corrected chi connectivity index (χ2v) is 7.10. The lowest BCUT2D eigenvalue weighted by Crippen LogP contribution is -2.64. The summed E-state index contributed by atoms with van der Waals surface area (Å²) in [7, 11) is 4.77. The highest BCUT2D eigenvalue weighted by Crippen LogP contribution is 2.30. The molecule has 3 aromatic rings. The van der Waals surface area contributed by atoms with Gasteiger partial charge < -0.3 is 4.57 Å². The van der Waals surface area contributed by atoms with Crippen LogP contribution < -0.4 is 21.9 Å². The summed E-state index contributed by atoms with van der Waals surface area (Å²) in [5.74, 6) is -1.14. The van der Waals surface area contributed by atoms with Crippen LogP contribution in [0.15, 0.2) is 46.2 Å². The number of urea groups is 1. The minimum Gasteiger partial charge on any atom is -0.328 e. The molecule has 0 saturated carbocycles. The van der Waals surface area contributed by atoms with E-state index in [9.17, 15) is 24.0 Å². The van der Waals surface area contributed by atoms with Gasteiger partial charge >= 0.3 is 11.7 Å². The van der Waals surface area contributed by atoms with Crippen LogP contribution in [0, 0.1) is 0 Å². The number of barbiturate groups is 1. The molecule has 1 fully saturated rings. The normalized spacial score (nSPS) is 15.2. The lowest BCUT2D eigenvalue weighted by molar-refractivity contribution is -0.138. The van der Waals surface area contributed by atoms with E-state index >= 15 is 0 Å². The molecule has 11 heteroatoms. The molecule has 1 aliphatic heterocycles. The van der Waals surface area contributed by atoms with Crippen molar-refractivity contribution in [2.45, 2.75) is 18.8 Å². The van der Waals surface area contributed by atoms with E-state index in [0.29, 0.717) is 23.1 Å². The number of imidazole rings is 1. The molecule has 0 radical (unpaired) electrons. The lowest BCUT2D eigenvalue weighted by Gasteiger charge is -2.33. The second kappa shape index (κ2) is 8.01. The van der Waals surface area contributed by atoms with Gasteiger partial charge in [0.15, 0.2) is 16.6 Å². The molecule has 3 heterocycles. The van der Waals surface area contributed by atoms with Crippen LogP contribution in [0.1, 0.15) is 18.9 Å². The molecule has 1 aromatic carbocycles. The molecule has 1 aliphatic rings. The number of carbonyl (C=O) groups is 3. The average Bonchev–Trinajstić information content (AvgIpc) is 3.14. The number of rotatable bonds is 2. The van der Waals surface area contributed by atoms with Crippen molar-refractivity contribution >= 4 is 29.0 Å². The third-order valence-electron chi connectivity index (χ3n) is 5.34. The van der Waals surface area contributed by atoms with Crippen molar-refractivity contribution in [2.24, 2.45) is 21.1 Å². The van der Waals surface area contributed by atoms with Crippen molar-refractivity contribution in [2.75, 3.05) is 0 Å². The Kier molecular flexibility index (Phi) is 5.60. The Morgan fingerprint density at radius 1 is 0.903 bits per heavy atom. The van der Waals surface area contributed by atoms with E-state index < -0.39 is 23.3 Å². The number of amides is 4. The fourth-order valence-corrected chi connectivity index (χ4v) is 3.54. The summed E-state index contributed by atoms with van der Waals surface area (Å²) in [5, 5.41) is 4.28. The molecule has 2 N–H and O–H groups in total. The smallest absolute Gasteiger partial charge is 0.328 e. The van der Waals surface area contributed by atoms with E-state index in [0.717, 1.165) is 4.57 Å². The van der Waals surface area contributed by atoms with Gasteiger partial charge in [-0.05, 0) is 12.0 Å². The zero-order chi connectivity index (χ0) is 22.9. The molecule has 0 aliphatic carbocycles. The molecular weight excluding hydrogens is 404 g/mol. The van der Waals surface area contributed by atoms with Crippen LogP contribution >= 0.6 is 0 Å². The van der Waals surface area contributed by atoms with Gasteiger partial charge in [-0.3, -0.25) is 34.2 Å². The van der Waals surface area contributed by atoms with Gasteiger partial charge in [-0.15, -0.1) is 0 Å². The standard InChI is InChI=1S/C12H12N2O3.C8H10N4O2/c1-2-12(8-6-4-3-5-7-8)9(15)13-11(17)14-10(12)16;1-10-4-9-6-5(10)7(13)12(3)8(14)11(6)2/h3-7H,2H2,1H3,(H2,13,14,15,16,17);4H,1-3H3. The Hall–Kier alpha value is -4.02. The maximum atomic E-state index is 12.0. The fraction of sp³-hybridized carbons (Fsp3) is 0.300. The maximum Gasteiger partial charge on any atom is 0.332 e. The highest BCUT2D eigenvalue weighted by molar-refractivity contribution is 6.22. The quantitative estimate of drug-likeness (QED) is 0.539. The summed E-state index contributed by atoms with van der Waals surface area (Å²) < 4.78 is 4.04. The molecule has 0 unspecified atom stereocenters. The zero-order valence-corrected chi connectivity index (χ0v) is 17.5. The van der Waals surface area contributed by atoms with Crippen LogP contribution in [0.3, 0.4) is 0 Å². The van der Waals surface area contributed by atoms with Crippen molar-refractivity contribution < 1.29 is 14.4 Å². The van der Waals surface area contributed by atoms with Crippen LogP contribution in [0.25, 0.3) is 11.2 Å². The molecule has 0 atom stereocenters. The van der Waals surface area contributed by atoms with E-state index in [2.05, 4.69) is 15.6 Å². The Labute approximate surface area is 176 Å². The van der Waals surface area contributed by atoms with E-state index in [-0.39, 0.29) is 11.2 Å². The van der Waals surface area contributed by atoms with Gasteiger partial charge in [0.25, 0.3) is 5.56 Å². The molecular formula is C20H22N6O5. The lowest BCUT2D eigenvalue weighted by atomic mass is 9.75. The van der Waals surface area contributed by atoms with Crippen molar-refractivity contribution in [1.82, 2.24) is 29.3 Å². The molecule has 11 nitrogen and oxygen atoms in total. The van der Waals surface area contributed by atoms with Gasteiger partial charge in [0.1, 0.15) is 0 Å². The van der Waals surface area contributed by atoms with Gasteiger partial charge in [-0.2, -0.15) is 0 Å². The molecule has 2 aromatic heterocycles. The molecule has 162 valence electrons. The Bertz CT molecular complexity index is 1280. The van der Waals surface area contributed by atoms with Crippen molar-refractivity contribution in [3.8, 4) is 0 Å².